The van der Waals surface area contributed by atoms with Crippen LogP contribution in [0.25, 0.3) is 0 Å². The highest BCUT2D eigenvalue weighted by Gasteiger charge is 2.22. The Labute approximate surface area is 116 Å². The van der Waals surface area contributed by atoms with Crippen molar-refractivity contribution in [2.24, 2.45) is 0 Å². The van der Waals surface area contributed by atoms with E-state index in [0.29, 0.717) is 6.54 Å². The van der Waals surface area contributed by atoms with Crippen LogP contribution in [0.4, 0.5) is 4.39 Å². The highest BCUT2D eigenvalue weighted by molar-refractivity contribution is 5.76. The second-order valence-electron chi connectivity index (χ2n) is 4.93. The van der Waals surface area contributed by atoms with E-state index in [9.17, 15) is 9.18 Å². The lowest BCUT2D eigenvalue weighted by Crippen LogP contribution is -2.10. The van der Waals surface area contributed by atoms with Gasteiger partial charge in [0.1, 0.15) is 5.82 Å². The number of nitrogens with zero attached hydrogens (tertiary/aromatic N) is 2. The predicted octanol–water partition coefficient (Wildman–Crippen LogP) is 2.88. The normalized spacial score (nSPS) is 12.4. The van der Waals surface area contributed by atoms with E-state index in [4.69, 9.17) is 5.11 Å². The Morgan fingerprint density at radius 3 is 2.50 bits per heavy atom. The Balaban J connectivity index is 2.32. The van der Waals surface area contributed by atoms with Gasteiger partial charge in [-0.1, -0.05) is 12.1 Å². The quantitative estimate of drug-likeness (QED) is 0.934. The maximum atomic E-state index is 12.9. The van der Waals surface area contributed by atoms with Crippen molar-refractivity contribution in [3.8, 4) is 0 Å². The highest BCUT2D eigenvalue weighted by Crippen LogP contribution is 2.24. The lowest BCUT2D eigenvalue weighted by Gasteiger charge is -2.08. The van der Waals surface area contributed by atoms with Crippen LogP contribution in [0.1, 0.15) is 35.4 Å². The molecule has 0 saturated carbocycles. The summed E-state index contributed by atoms with van der Waals surface area (Å²) in [5, 5.41) is 13.5. The molecule has 1 N–H and O–H groups in total. The minimum Gasteiger partial charge on any atom is -0.481 e. The van der Waals surface area contributed by atoms with Crippen LogP contribution in [0.2, 0.25) is 0 Å². The van der Waals surface area contributed by atoms with Gasteiger partial charge < -0.3 is 5.11 Å². The van der Waals surface area contributed by atoms with Crippen LogP contribution in [0, 0.1) is 19.7 Å². The standard InChI is InChI=1S/C15H17FN2O2/c1-9(15(19)20)14-10(2)17-18(11(14)3)8-12-4-6-13(16)7-5-12/h4-7,9H,8H2,1-3H3,(H,19,20). The molecule has 0 aliphatic rings. The van der Waals surface area contributed by atoms with Gasteiger partial charge >= 0.3 is 5.97 Å². The minimum absolute atomic E-state index is 0.276. The zero-order valence-electron chi connectivity index (χ0n) is 11.7. The summed E-state index contributed by atoms with van der Waals surface area (Å²) in [6.07, 6.45) is 0. The predicted molar refractivity (Wildman–Crippen MR) is 73.3 cm³/mol. The summed E-state index contributed by atoms with van der Waals surface area (Å²) in [4.78, 5) is 11.1. The summed E-state index contributed by atoms with van der Waals surface area (Å²) in [7, 11) is 0. The average molecular weight is 276 g/mol. The van der Waals surface area contributed by atoms with Gasteiger partial charge in [0.15, 0.2) is 0 Å². The summed E-state index contributed by atoms with van der Waals surface area (Å²) in [5.74, 6) is -1.73. The van der Waals surface area contributed by atoms with E-state index >= 15 is 0 Å². The first-order valence-electron chi connectivity index (χ1n) is 6.41. The molecule has 20 heavy (non-hydrogen) atoms. The fourth-order valence-corrected chi connectivity index (χ4v) is 2.38. The van der Waals surface area contributed by atoms with E-state index in [0.717, 1.165) is 22.5 Å². The van der Waals surface area contributed by atoms with Crippen LogP contribution in [0.15, 0.2) is 24.3 Å². The van der Waals surface area contributed by atoms with E-state index < -0.39 is 11.9 Å². The largest absolute Gasteiger partial charge is 0.481 e. The lowest BCUT2D eigenvalue weighted by molar-refractivity contribution is -0.138. The highest BCUT2D eigenvalue weighted by atomic mass is 19.1. The van der Waals surface area contributed by atoms with Gasteiger partial charge in [0.05, 0.1) is 18.2 Å². The first-order valence-corrected chi connectivity index (χ1v) is 6.41. The number of aryl methyl sites for hydroxylation is 1. The molecule has 4 nitrogen and oxygen atoms in total. The Morgan fingerprint density at radius 1 is 1.35 bits per heavy atom. The van der Waals surface area contributed by atoms with E-state index in [1.807, 2.05) is 13.8 Å². The Bertz CT molecular complexity index is 632. The van der Waals surface area contributed by atoms with Gasteiger partial charge in [0.25, 0.3) is 0 Å². The Morgan fingerprint density at radius 2 is 1.95 bits per heavy atom. The molecule has 0 spiro atoms. The maximum absolute atomic E-state index is 12.9. The number of carbonyl (C=O) groups is 1. The molecule has 1 aromatic heterocycles. The molecule has 0 saturated heterocycles. The van der Waals surface area contributed by atoms with Crippen LogP contribution in [-0.4, -0.2) is 20.9 Å². The number of carboxylic acids is 1. The Kier molecular flexibility index (Phi) is 3.88. The molecule has 0 bridgehead atoms. The van der Waals surface area contributed by atoms with E-state index in [2.05, 4.69) is 5.10 Å². The summed E-state index contributed by atoms with van der Waals surface area (Å²) < 4.78 is 14.6. The number of hydrogen-bond donors (Lipinski definition) is 1. The summed E-state index contributed by atoms with van der Waals surface area (Å²) in [6.45, 7) is 5.82. The van der Waals surface area contributed by atoms with Gasteiger partial charge in [-0.2, -0.15) is 5.10 Å². The fourth-order valence-electron chi connectivity index (χ4n) is 2.38. The smallest absolute Gasteiger partial charge is 0.310 e. The van der Waals surface area contributed by atoms with Crippen LogP contribution < -0.4 is 0 Å². The van der Waals surface area contributed by atoms with Gasteiger partial charge in [-0.15, -0.1) is 0 Å². The molecule has 1 aromatic carbocycles. The van der Waals surface area contributed by atoms with Crippen molar-refractivity contribution in [1.82, 2.24) is 9.78 Å². The second-order valence-corrected chi connectivity index (χ2v) is 4.93. The molecule has 0 amide bonds. The lowest BCUT2D eigenvalue weighted by atomic mass is 9.99. The molecule has 1 heterocycles. The van der Waals surface area contributed by atoms with E-state index in [1.165, 1.54) is 12.1 Å². The monoisotopic (exact) mass is 276 g/mol. The molecule has 0 aliphatic carbocycles. The van der Waals surface area contributed by atoms with Crippen molar-refractivity contribution in [3.05, 3.63) is 52.6 Å². The number of aromatic nitrogens is 2. The number of rotatable bonds is 4. The fraction of sp³-hybridized carbons (Fsp3) is 0.333. The third-order valence-electron chi connectivity index (χ3n) is 3.49. The molecule has 2 aromatic rings. The van der Waals surface area contributed by atoms with Crippen LogP contribution in [0.3, 0.4) is 0 Å². The SMILES string of the molecule is Cc1nn(Cc2ccc(F)cc2)c(C)c1C(C)C(=O)O. The minimum atomic E-state index is -0.863. The second kappa shape index (κ2) is 5.45. The van der Waals surface area contributed by atoms with Gasteiger partial charge in [-0.25, -0.2) is 4.39 Å². The first-order chi connectivity index (χ1) is 9.40. The van der Waals surface area contributed by atoms with Crippen molar-refractivity contribution in [2.75, 3.05) is 0 Å². The van der Waals surface area contributed by atoms with Gasteiger partial charge in [0.2, 0.25) is 0 Å². The van der Waals surface area contributed by atoms with Crippen LogP contribution in [-0.2, 0) is 11.3 Å². The summed E-state index contributed by atoms with van der Waals surface area (Å²) in [5.41, 5.74) is 3.23. The molecule has 1 unspecified atom stereocenters. The Hall–Kier alpha value is -2.17. The van der Waals surface area contributed by atoms with E-state index in [-0.39, 0.29) is 5.82 Å². The molecular weight excluding hydrogens is 259 g/mol. The molecular formula is C15H17FN2O2. The molecule has 106 valence electrons. The van der Waals surface area contributed by atoms with Crippen molar-refractivity contribution in [1.29, 1.82) is 0 Å². The van der Waals surface area contributed by atoms with Gasteiger partial charge in [0, 0.05) is 11.3 Å². The third-order valence-corrected chi connectivity index (χ3v) is 3.49. The topological polar surface area (TPSA) is 55.1 Å². The van der Waals surface area contributed by atoms with Crippen molar-refractivity contribution < 1.29 is 14.3 Å². The molecule has 2 rings (SSSR count). The van der Waals surface area contributed by atoms with E-state index in [1.54, 1.807) is 23.7 Å². The zero-order valence-corrected chi connectivity index (χ0v) is 11.7. The maximum Gasteiger partial charge on any atom is 0.310 e. The average Bonchev–Trinajstić information content (AvgIpc) is 2.66. The van der Waals surface area contributed by atoms with Gasteiger partial charge in [-0.05, 0) is 38.5 Å². The number of hydrogen-bond acceptors (Lipinski definition) is 2. The first kappa shape index (κ1) is 14.2. The molecule has 0 radical (unpaired) electrons. The van der Waals surface area contributed by atoms with Crippen molar-refractivity contribution >= 4 is 5.97 Å². The molecule has 0 aliphatic heterocycles. The number of benzene rings is 1. The summed E-state index contributed by atoms with van der Waals surface area (Å²) >= 11 is 0. The number of aliphatic carboxylic acids is 1. The molecule has 0 fully saturated rings. The van der Waals surface area contributed by atoms with Crippen molar-refractivity contribution in [2.45, 2.75) is 33.2 Å². The molecule has 1 atom stereocenters. The number of carboxylic acid groups (broad SMARTS) is 1. The van der Waals surface area contributed by atoms with Crippen LogP contribution in [0.5, 0.6) is 0 Å². The zero-order chi connectivity index (χ0) is 14.9. The van der Waals surface area contributed by atoms with Crippen molar-refractivity contribution in [3.63, 3.8) is 0 Å². The summed E-state index contributed by atoms with van der Waals surface area (Å²) in [6, 6.07) is 6.21. The number of halogens is 1. The van der Waals surface area contributed by atoms with Gasteiger partial charge in [-0.3, -0.25) is 9.48 Å². The van der Waals surface area contributed by atoms with Crippen LogP contribution >= 0.6 is 0 Å². The third kappa shape index (κ3) is 2.71. The molecule has 5 heteroatoms.